The zero-order chi connectivity index (χ0) is 13.3. The van der Waals surface area contributed by atoms with Crippen molar-refractivity contribution in [2.24, 2.45) is 0 Å². The number of sulfonamides is 1. The van der Waals surface area contributed by atoms with Gasteiger partial charge in [-0.25, -0.2) is 13.1 Å². The lowest BCUT2D eigenvalue weighted by molar-refractivity contribution is 0.0857. The molecule has 0 fully saturated rings. The van der Waals surface area contributed by atoms with Gasteiger partial charge in [0.2, 0.25) is 10.0 Å². The monoisotopic (exact) mass is 278 g/mol. The largest absolute Gasteiger partial charge is 0.399 e. The van der Waals surface area contributed by atoms with E-state index >= 15 is 0 Å². The predicted octanol–water partition coefficient (Wildman–Crippen LogP) is 0.971. The number of nitrogens with one attached hydrogen (secondary N) is 1. The van der Waals surface area contributed by atoms with E-state index in [1.54, 1.807) is 0 Å². The molecule has 0 aromatic heterocycles. The summed E-state index contributed by atoms with van der Waals surface area (Å²) in [7, 11) is -3.77. The minimum Gasteiger partial charge on any atom is -0.399 e. The molecule has 0 saturated carbocycles. The first-order valence-corrected chi connectivity index (χ1v) is 6.75. The van der Waals surface area contributed by atoms with Gasteiger partial charge < -0.3 is 10.8 Å². The fourth-order valence-electron chi connectivity index (χ4n) is 1.08. The molecule has 0 aliphatic rings. The highest BCUT2D eigenvalue weighted by Gasteiger charge is 2.21. The van der Waals surface area contributed by atoms with Gasteiger partial charge in [0, 0.05) is 12.2 Å². The number of halogens is 1. The van der Waals surface area contributed by atoms with E-state index in [9.17, 15) is 13.5 Å². The van der Waals surface area contributed by atoms with E-state index in [1.165, 1.54) is 32.0 Å². The minimum absolute atomic E-state index is 0.0856. The van der Waals surface area contributed by atoms with Crippen LogP contribution in [0.5, 0.6) is 0 Å². The lowest BCUT2D eigenvalue weighted by atomic mass is 10.1. The molecule has 0 aliphatic carbocycles. The summed E-state index contributed by atoms with van der Waals surface area (Å²) in [5.41, 5.74) is 4.67. The molecule has 0 bridgehead atoms. The molecule has 0 amide bonds. The lowest BCUT2D eigenvalue weighted by Gasteiger charge is -2.18. The fraction of sp³-hybridized carbons (Fsp3) is 0.400. The highest BCUT2D eigenvalue weighted by Crippen LogP contribution is 2.23. The third-order valence-corrected chi connectivity index (χ3v) is 3.82. The van der Waals surface area contributed by atoms with Crippen molar-refractivity contribution < 1.29 is 13.5 Å². The standard InChI is InChI=1S/C10H15ClN2O3S/c1-10(2,14)6-13-17(15,16)9-5-7(12)3-4-8(9)11/h3-5,13-14H,6,12H2,1-2H3. The van der Waals surface area contributed by atoms with Crippen molar-refractivity contribution in [2.45, 2.75) is 24.3 Å². The van der Waals surface area contributed by atoms with E-state index in [4.69, 9.17) is 17.3 Å². The maximum atomic E-state index is 11.9. The molecule has 17 heavy (non-hydrogen) atoms. The summed E-state index contributed by atoms with van der Waals surface area (Å²) in [6.07, 6.45) is 0. The van der Waals surface area contributed by atoms with Crippen molar-refractivity contribution in [3.63, 3.8) is 0 Å². The van der Waals surface area contributed by atoms with Crippen LogP contribution in [0.4, 0.5) is 5.69 Å². The molecule has 0 spiro atoms. The molecule has 0 radical (unpaired) electrons. The Bertz CT molecular complexity index is 509. The summed E-state index contributed by atoms with van der Waals surface area (Å²) in [5, 5.41) is 9.55. The van der Waals surface area contributed by atoms with Crippen LogP contribution >= 0.6 is 11.6 Å². The van der Waals surface area contributed by atoms with Gasteiger partial charge in [-0.2, -0.15) is 0 Å². The molecular weight excluding hydrogens is 264 g/mol. The van der Waals surface area contributed by atoms with Gasteiger partial charge in [-0.05, 0) is 32.0 Å². The SMILES string of the molecule is CC(C)(O)CNS(=O)(=O)c1cc(N)ccc1Cl. The Kier molecular flexibility index (Phi) is 4.03. The van der Waals surface area contributed by atoms with Crippen LogP contribution in [0.3, 0.4) is 0 Å². The predicted molar refractivity (Wildman–Crippen MR) is 67.4 cm³/mol. The van der Waals surface area contributed by atoms with Crippen molar-refractivity contribution >= 4 is 27.3 Å². The van der Waals surface area contributed by atoms with Gasteiger partial charge >= 0.3 is 0 Å². The molecule has 96 valence electrons. The van der Waals surface area contributed by atoms with Crippen molar-refractivity contribution in [3.8, 4) is 0 Å². The fourth-order valence-corrected chi connectivity index (χ4v) is 2.81. The minimum atomic E-state index is -3.77. The number of hydrogen-bond donors (Lipinski definition) is 3. The first kappa shape index (κ1) is 14.2. The number of aliphatic hydroxyl groups is 1. The molecule has 5 nitrogen and oxygen atoms in total. The number of nitrogens with two attached hydrogens (primary N) is 1. The first-order valence-electron chi connectivity index (χ1n) is 4.89. The molecule has 7 heteroatoms. The van der Waals surface area contributed by atoms with Gasteiger partial charge in [0.25, 0.3) is 0 Å². The summed E-state index contributed by atoms with van der Waals surface area (Å²) in [6, 6.07) is 4.20. The van der Waals surface area contributed by atoms with Crippen molar-refractivity contribution in [1.82, 2.24) is 4.72 Å². The molecule has 1 aromatic carbocycles. The number of benzene rings is 1. The van der Waals surface area contributed by atoms with E-state index in [0.717, 1.165) is 0 Å². The Morgan fingerprint density at radius 3 is 2.59 bits per heavy atom. The van der Waals surface area contributed by atoms with Gasteiger partial charge in [0.05, 0.1) is 10.6 Å². The van der Waals surface area contributed by atoms with Crippen LogP contribution in [0.15, 0.2) is 23.1 Å². The number of anilines is 1. The van der Waals surface area contributed by atoms with Gasteiger partial charge in [-0.3, -0.25) is 0 Å². The molecule has 0 aliphatic heterocycles. The van der Waals surface area contributed by atoms with Gasteiger partial charge in [-0.1, -0.05) is 11.6 Å². The molecule has 0 saturated heterocycles. The summed E-state index contributed by atoms with van der Waals surface area (Å²) < 4.78 is 26.0. The highest BCUT2D eigenvalue weighted by molar-refractivity contribution is 7.89. The quantitative estimate of drug-likeness (QED) is 0.716. The second kappa shape index (κ2) is 4.81. The van der Waals surface area contributed by atoms with Crippen molar-refractivity contribution in [3.05, 3.63) is 23.2 Å². The molecule has 0 unspecified atom stereocenters. The van der Waals surface area contributed by atoms with E-state index in [2.05, 4.69) is 4.72 Å². The van der Waals surface area contributed by atoms with Gasteiger partial charge in [-0.15, -0.1) is 0 Å². The second-order valence-corrected chi connectivity index (χ2v) is 6.47. The Morgan fingerprint density at radius 2 is 2.06 bits per heavy atom. The van der Waals surface area contributed by atoms with Crippen molar-refractivity contribution in [1.29, 1.82) is 0 Å². The number of rotatable bonds is 4. The maximum Gasteiger partial charge on any atom is 0.242 e. The Labute approximate surface area is 106 Å². The Balaban J connectivity index is 3.02. The Hall–Kier alpha value is -0.820. The van der Waals surface area contributed by atoms with E-state index in [0.29, 0.717) is 5.69 Å². The smallest absolute Gasteiger partial charge is 0.242 e. The van der Waals surface area contributed by atoms with E-state index < -0.39 is 15.6 Å². The van der Waals surface area contributed by atoms with Crippen LogP contribution < -0.4 is 10.5 Å². The molecular formula is C10H15ClN2O3S. The summed E-state index contributed by atoms with van der Waals surface area (Å²) >= 11 is 5.79. The van der Waals surface area contributed by atoms with Crippen LogP contribution in [-0.4, -0.2) is 25.7 Å². The molecule has 0 heterocycles. The first-order chi connectivity index (χ1) is 7.62. The molecule has 0 atom stereocenters. The van der Waals surface area contributed by atoms with Crippen LogP contribution in [0.25, 0.3) is 0 Å². The van der Waals surface area contributed by atoms with Crippen LogP contribution in [0.1, 0.15) is 13.8 Å². The third kappa shape index (κ3) is 4.16. The summed E-state index contributed by atoms with van der Waals surface area (Å²) in [6.45, 7) is 2.88. The van der Waals surface area contributed by atoms with Crippen LogP contribution in [-0.2, 0) is 10.0 Å². The third-order valence-electron chi connectivity index (χ3n) is 1.94. The van der Waals surface area contributed by atoms with Crippen LogP contribution in [0, 0.1) is 0 Å². The second-order valence-electron chi connectivity index (χ2n) is 4.33. The number of hydrogen-bond acceptors (Lipinski definition) is 4. The Morgan fingerprint density at radius 1 is 1.47 bits per heavy atom. The van der Waals surface area contributed by atoms with E-state index in [-0.39, 0.29) is 16.5 Å². The average molecular weight is 279 g/mol. The molecule has 1 rings (SSSR count). The topological polar surface area (TPSA) is 92.4 Å². The lowest BCUT2D eigenvalue weighted by Crippen LogP contribution is -2.38. The highest BCUT2D eigenvalue weighted by atomic mass is 35.5. The average Bonchev–Trinajstić information content (AvgIpc) is 2.18. The molecule has 4 N–H and O–H groups in total. The van der Waals surface area contributed by atoms with Crippen LogP contribution in [0.2, 0.25) is 5.02 Å². The molecule has 1 aromatic rings. The van der Waals surface area contributed by atoms with Crippen molar-refractivity contribution in [2.75, 3.05) is 12.3 Å². The maximum absolute atomic E-state index is 11.9. The zero-order valence-corrected chi connectivity index (χ0v) is 11.1. The number of nitrogen functional groups attached to an aromatic ring is 1. The zero-order valence-electron chi connectivity index (χ0n) is 9.57. The van der Waals surface area contributed by atoms with Gasteiger partial charge in [0.1, 0.15) is 4.90 Å². The van der Waals surface area contributed by atoms with E-state index in [1.807, 2.05) is 0 Å². The normalized spacial score (nSPS) is 12.7. The van der Waals surface area contributed by atoms with Gasteiger partial charge in [0.15, 0.2) is 0 Å². The summed E-state index contributed by atoms with van der Waals surface area (Å²) in [5.74, 6) is 0. The summed E-state index contributed by atoms with van der Waals surface area (Å²) in [4.78, 5) is -0.0941.